The van der Waals surface area contributed by atoms with E-state index >= 15 is 0 Å². The number of esters is 1. The summed E-state index contributed by atoms with van der Waals surface area (Å²) in [5.41, 5.74) is -0.508. The lowest BCUT2D eigenvalue weighted by atomic mass is 10.1. The molecule has 134 valence electrons. The second-order valence-electron chi connectivity index (χ2n) is 6.64. The fraction of sp³-hybridized carbons (Fsp3) is 0.688. The number of nitrogens with one attached hydrogen (secondary N) is 1. The number of ether oxygens (including phenoxy) is 2. The van der Waals surface area contributed by atoms with E-state index < -0.39 is 17.7 Å². The molecule has 0 aliphatic carbocycles. The first kappa shape index (κ1) is 18.1. The van der Waals surface area contributed by atoms with Gasteiger partial charge in [-0.2, -0.15) is 0 Å². The molecule has 0 aromatic carbocycles. The van der Waals surface area contributed by atoms with Gasteiger partial charge >= 0.3 is 12.1 Å². The van der Waals surface area contributed by atoms with Crippen molar-refractivity contribution in [3.05, 3.63) is 12.0 Å². The van der Waals surface area contributed by atoms with Crippen LogP contribution in [-0.2, 0) is 9.47 Å². The summed E-state index contributed by atoms with van der Waals surface area (Å²) >= 11 is 0. The van der Waals surface area contributed by atoms with Crippen molar-refractivity contribution in [2.45, 2.75) is 52.2 Å². The number of oxazole rings is 1. The summed E-state index contributed by atoms with van der Waals surface area (Å²) in [4.78, 5) is 29.4. The maximum absolute atomic E-state index is 11.8. The van der Waals surface area contributed by atoms with Gasteiger partial charge in [0.15, 0.2) is 0 Å². The Morgan fingerprint density at radius 3 is 2.62 bits per heavy atom. The molecule has 24 heavy (non-hydrogen) atoms. The topological polar surface area (TPSA) is 93.9 Å². The number of carbonyl (C=O) groups is 2. The number of rotatable bonds is 4. The number of carbonyl (C=O) groups excluding carboxylic acids is 2. The average Bonchev–Trinajstić information content (AvgIpc) is 2.96. The van der Waals surface area contributed by atoms with Gasteiger partial charge in [0.2, 0.25) is 5.76 Å². The van der Waals surface area contributed by atoms with E-state index in [2.05, 4.69) is 10.3 Å². The van der Waals surface area contributed by atoms with Crippen LogP contribution < -0.4 is 10.2 Å². The van der Waals surface area contributed by atoms with E-state index in [0.717, 1.165) is 12.8 Å². The Hall–Kier alpha value is -2.25. The molecular weight excluding hydrogens is 314 g/mol. The van der Waals surface area contributed by atoms with Crippen molar-refractivity contribution >= 4 is 18.1 Å². The normalized spacial score (nSPS) is 15.9. The third kappa shape index (κ3) is 5.14. The number of aromatic nitrogens is 1. The fourth-order valence-electron chi connectivity index (χ4n) is 2.40. The van der Waals surface area contributed by atoms with Crippen molar-refractivity contribution in [2.75, 3.05) is 24.6 Å². The summed E-state index contributed by atoms with van der Waals surface area (Å²) in [5.74, 6) is -0.418. The van der Waals surface area contributed by atoms with E-state index in [-0.39, 0.29) is 18.4 Å². The van der Waals surface area contributed by atoms with Crippen molar-refractivity contribution in [2.24, 2.45) is 0 Å². The quantitative estimate of drug-likeness (QED) is 0.841. The predicted molar refractivity (Wildman–Crippen MR) is 87.1 cm³/mol. The highest BCUT2D eigenvalue weighted by Gasteiger charge is 2.26. The molecule has 1 aliphatic heterocycles. The Balaban J connectivity index is 1.82. The summed E-state index contributed by atoms with van der Waals surface area (Å²) in [6, 6.07) is 0.448. The second-order valence-corrected chi connectivity index (χ2v) is 6.64. The monoisotopic (exact) mass is 339 g/mol. The lowest BCUT2D eigenvalue weighted by molar-refractivity contribution is 0.0480. The number of nitrogens with zero attached hydrogens (tertiary/aromatic N) is 2. The first-order valence-corrected chi connectivity index (χ1v) is 8.16. The van der Waals surface area contributed by atoms with Gasteiger partial charge in [0.05, 0.1) is 12.8 Å². The number of hydrogen-bond acceptors (Lipinski definition) is 7. The van der Waals surface area contributed by atoms with E-state index in [4.69, 9.17) is 13.9 Å². The molecule has 0 atom stereocenters. The van der Waals surface area contributed by atoms with Gasteiger partial charge in [-0.25, -0.2) is 14.6 Å². The molecule has 0 bridgehead atoms. The minimum absolute atomic E-state index is 0.0515. The average molecular weight is 339 g/mol. The first-order chi connectivity index (χ1) is 11.3. The maximum atomic E-state index is 11.8. The first-order valence-electron chi connectivity index (χ1n) is 8.16. The van der Waals surface area contributed by atoms with Crippen molar-refractivity contribution < 1.29 is 23.5 Å². The Kier molecular flexibility index (Phi) is 5.69. The number of piperidine rings is 1. The number of anilines is 1. The van der Waals surface area contributed by atoms with Crippen LogP contribution in [0.15, 0.2) is 10.6 Å². The molecule has 2 rings (SSSR count). The van der Waals surface area contributed by atoms with E-state index in [1.807, 2.05) is 25.7 Å². The van der Waals surface area contributed by atoms with Crippen LogP contribution in [0.4, 0.5) is 10.8 Å². The third-order valence-electron chi connectivity index (χ3n) is 3.46. The zero-order valence-corrected chi connectivity index (χ0v) is 14.6. The maximum Gasteiger partial charge on any atom is 0.407 e. The molecule has 1 aromatic rings. The zero-order valence-electron chi connectivity index (χ0n) is 14.6. The van der Waals surface area contributed by atoms with Crippen LogP contribution in [0.3, 0.4) is 0 Å². The molecule has 0 unspecified atom stereocenters. The van der Waals surface area contributed by atoms with Gasteiger partial charge in [0.25, 0.3) is 6.01 Å². The standard InChI is InChI=1S/C16H25N3O5/c1-5-22-13(20)12-10-17-14(23-12)19-8-6-11(7-9-19)18-15(21)24-16(2,3)4/h10-11H,5-9H2,1-4H3,(H,18,21). The third-order valence-corrected chi connectivity index (χ3v) is 3.46. The van der Waals surface area contributed by atoms with Crippen LogP contribution in [0.5, 0.6) is 0 Å². The van der Waals surface area contributed by atoms with Gasteiger partial charge in [-0.15, -0.1) is 0 Å². The lowest BCUT2D eigenvalue weighted by Gasteiger charge is -2.31. The largest absolute Gasteiger partial charge is 0.460 e. The Morgan fingerprint density at radius 2 is 2.04 bits per heavy atom. The summed E-state index contributed by atoms with van der Waals surface area (Å²) < 4.78 is 15.6. The van der Waals surface area contributed by atoms with Crippen LogP contribution in [0.1, 0.15) is 51.1 Å². The highest BCUT2D eigenvalue weighted by atomic mass is 16.6. The predicted octanol–water partition coefficient (Wildman–Crippen LogP) is 2.34. The molecule has 1 saturated heterocycles. The molecule has 1 aromatic heterocycles. The van der Waals surface area contributed by atoms with Crippen LogP contribution in [0.25, 0.3) is 0 Å². The molecule has 1 aliphatic rings. The van der Waals surface area contributed by atoms with Gasteiger partial charge in [-0.1, -0.05) is 0 Å². The Bertz CT molecular complexity index is 571. The molecular formula is C16H25N3O5. The molecule has 1 amide bonds. The van der Waals surface area contributed by atoms with E-state index in [9.17, 15) is 9.59 Å². The van der Waals surface area contributed by atoms with E-state index in [1.165, 1.54) is 6.20 Å². The number of hydrogen-bond donors (Lipinski definition) is 1. The number of amides is 1. The molecule has 0 spiro atoms. The van der Waals surface area contributed by atoms with Gasteiger partial charge < -0.3 is 24.1 Å². The minimum atomic E-state index is -0.516. The second kappa shape index (κ2) is 7.55. The molecule has 8 nitrogen and oxygen atoms in total. The fourth-order valence-corrected chi connectivity index (χ4v) is 2.40. The lowest BCUT2D eigenvalue weighted by Crippen LogP contribution is -2.46. The van der Waals surface area contributed by atoms with E-state index in [0.29, 0.717) is 19.1 Å². The highest BCUT2D eigenvalue weighted by Crippen LogP contribution is 2.20. The summed E-state index contributed by atoms with van der Waals surface area (Å²) in [7, 11) is 0. The van der Waals surface area contributed by atoms with Gasteiger partial charge in [-0.05, 0) is 40.5 Å². The van der Waals surface area contributed by atoms with Gasteiger partial charge in [-0.3, -0.25) is 0 Å². The van der Waals surface area contributed by atoms with Crippen LogP contribution in [0.2, 0.25) is 0 Å². The highest BCUT2D eigenvalue weighted by molar-refractivity contribution is 5.86. The van der Waals surface area contributed by atoms with Crippen molar-refractivity contribution in [3.8, 4) is 0 Å². The van der Waals surface area contributed by atoms with E-state index in [1.54, 1.807) is 6.92 Å². The smallest absolute Gasteiger partial charge is 0.407 e. The molecule has 1 fully saturated rings. The SMILES string of the molecule is CCOC(=O)c1cnc(N2CCC(NC(=O)OC(C)(C)C)CC2)o1. The van der Waals surface area contributed by atoms with Crippen LogP contribution in [-0.4, -0.2) is 48.4 Å². The summed E-state index contributed by atoms with van der Waals surface area (Å²) in [5, 5.41) is 2.87. The zero-order chi connectivity index (χ0) is 17.7. The van der Waals surface area contributed by atoms with Crippen molar-refractivity contribution in [3.63, 3.8) is 0 Å². The molecule has 0 radical (unpaired) electrons. The van der Waals surface area contributed by atoms with Gasteiger partial charge in [0.1, 0.15) is 5.60 Å². The minimum Gasteiger partial charge on any atom is -0.460 e. The van der Waals surface area contributed by atoms with Crippen LogP contribution in [0, 0.1) is 0 Å². The summed E-state index contributed by atoms with van der Waals surface area (Å²) in [6.07, 6.45) is 2.46. The van der Waals surface area contributed by atoms with Crippen LogP contribution >= 0.6 is 0 Å². The molecule has 2 heterocycles. The van der Waals surface area contributed by atoms with Crippen molar-refractivity contribution in [1.29, 1.82) is 0 Å². The Morgan fingerprint density at radius 1 is 1.38 bits per heavy atom. The van der Waals surface area contributed by atoms with Gasteiger partial charge in [0, 0.05) is 19.1 Å². The molecule has 1 N–H and O–H groups in total. The van der Waals surface area contributed by atoms with Crippen molar-refractivity contribution in [1.82, 2.24) is 10.3 Å². The molecule has 0 saturated carbocycles. The number of alkyl carbamates (subject to hydrolysis) is 1. The molecule has 8 heteroatoms. The summed E-state index contributed by atoms with van der Waals surface area (Å²) in [6.45, 7) is 8.86. The Labute approximate surface area is 141 Å².